The van der Waals surface area contributed by atoms with Crippen LogP contribution in [0.3, 0.4) is 0 Å². The largest absolute Gasteiger partial charge is 0.281 e. The Bertz CT molecular complexity index is 893. The molecule has 1 aromatic carbocycles. The molecule has 0 amide bonds. The molecule has 2 fully saturated rings. The Labute approximate surface area is 162 Å². The molecule has 4 rings (SSSR count). The summed E-state index contributed by atoms with van der Waals surface area (Å²) >= 11 is 0. The molecule has 27 heavy (non-hydrogen) atoms. The fourth-order valence-corrected chi connectivity index (χ4v) is 5.92. The standard InChI is InChI=1S/C21H27N3O2S/c1-17-13-19(14-18-7-3-2-4-8-18)15-21(22-17)20-9-12-24(16-20)27(25,26)23-10-5-6-11-23/h2-4,7-8,13,15,20H,5-6,9-12,14,16H2,1H3/t20-/m0/s1. The van der Waals surface area contributed by atoms with Gasteiger partial charge in [0.1, 0.15) is 0 Å². The Morgan fingerprint density at radius 2 is 1.74 bits per heavy atom. The predicted octanol–water partition coefficient (Wildman–Crippen LogP) is 3.11. The number of aryl methyl sites for hydroxylation is 1. The van der Waals surface area contributed by atoms with E-state index in [1.807, 2.05) is 13.0 Å². The molecule has 2 aromatic rings. The lowest BCUT2D eigenvalue weighted by molar-refractivity contribution is 0.395. The van der Waals surface area contributed by atoms with Crippen molar-refractivity contribution in [2.45, 2.75) is 38.5 Å². The molecule has 2 aliphatic rings. The molecular formula is C21H27N3O2S. The molecule has 0 aliphatic carbocycles. The lowest BCUT2D eigenvalue weighted by atomic mass is 9.99. The van der Waals surface area contributed by atoms with Gasteiger partial charge in [0, 0.05) is 43.5 Å². The number of pyridine rings is 1. The van der Waals surface area contributed by atoms with Crippen molar-refractivity contribution < 1.29 is 8.42 Å². The molecule has 1 atom stereocenters. The third-order valence-electron chi connectivity index (χ3n) is 5.57. The normalized spacial score (nSPS) is 21.7. The summed E-state index contributed by atoms with van der Waals surface area (Å²) in [5, 5.41) is 0. The van der Waals surface area contributed by atoms with E-state index in [9.17, 15) is 8.42 Å². The number of hydrogen-bond donors (Lipinski definition) is 0. The molecule has 2 saturated heterocycles. The van der Waals surface area contributed by atoms with Gasteiger partial charge >= 0.3 is 0 Å². The molecular weight excluding hydrogens is 358 g/mol. The van der Waals surface area contributed by atoms with Crippen molar-refractivity contribution in [2.24, 2.45) is 0 Å². The molecule has 0 saturated carbocycles. The molecule has 3 heterocycles. The average Bonchev–Trinajstić information content (AvgIpc) is 3.35. The predicted molar refractivity (Wildman–Crippen MR) is 107 cm³/mol. The van der Waals surface area contributed by atoms with E-state index in [4.69, 9.17) is 4.98 Å². The molecule has 0 bridgehead atoms. The third-order valence-corrected chi connectivity index (χ3v) is 7.57. The topological polar surface area (TPSA) is 53.5 Å². The quantitative estimate of drug-likeness (QED) is 0.795. The van der Waals surface area contributed by atoms with Gasteiger partial charge in [0.25, 0.3) is 10.2 Å². The molecule has 1 aromatic heterocycles. The number of aromatic nitrogens is 1. The van der Waals surface area contributed by atoms with Crippen molar-refractivity contribution in [3.8, 4) is 0 Å². The zero-order valence-corrected chi connectivity index (χ0v) is 16.7. The molecule has 144 valence electrons. The van der Waals surface area contributed by atoms with Crippen LogP contribution in [0.2, 0.25) is 0 Å². The zero-order chi connectivity index (χ0) is 18.9. The number of benzene rings is 1. The second kappa shape index (κ2) is 7.70. The van der Waals surface area contributed by atoms with E-state index in [0.29, 0.717) is 26.2 Å². The van der Waals surface area contributed by atoms with Crippen molar-refractivity contribution in [3.05, 3.63) is 65.0 Å². The summed E-state index contributed by atoms with van der Waals surface area (Å²) in [5.41, 5.74) is 4.54. The van der Waals surface area contributed by atoms with Crippen LogP contribution in [0.15, 0.2) is 42.5 Å². The van der Waals surface area contributed by atoms with Gasteiger partial charge in [0.2, 0.25) is 0 Å². The van der Waals surface area contributed by atoms with Crippen molar-refractivity contribution in [3.63, 3.8) is 0 Å². The molecule has 6 heteroatoms. The Morgan fingerprint density at radius 3 is 2.48 bits per heavy atom. The van der Waals surface area contributed by atoms with Gasteiger partial charge < -0.3 is 0 Å². The van der Waals surface area contributed by atoms with Crippen molar-refractivity contribution in [1.82, 2.24) is 13.6 Å². The molecule has 0 radical (unpaired) electrons. The van der Waals surface area contributed by atoms with E-state index in [0.717, 1.165) is 37.1 Å². The van der Waals surface area contributed by atoms with Crippen LogP contribution in [0.5, 0.6) is 0 Å². The van der Waals surface area contributed by atoms with Crippen LogP contribution in [0.25, 0.3) is 0 Å². The van der Waals surface area contributed by atoms with Crippen LogP contribution >= 0.6 is 0 Å². The number of hydrogen-bond acceptors (Lipinski definition) is 3. The first-order chi connectivity index (χ1) is 13.0. The first-order valence-electron chi connectivity index (χ1n) is 9.79. The van der Waals surface area contributed by atoms with Gasteiger partial charge in [0.05, 0.1) is 0 Å². The summed E-state index contributed by atoms with van der Waals surface area (Å²) in [6.07, 6.45) is 3.66. The van der Waals surface area contributed by atoms with Gasteiger partial charge in [-0.1, -0.05) is 30.3 Å². The van der Waals surface area contributed by atoms with E-state index in [-0.39, 0.29) is 5.92 Å². The van der Waals surface area contributed by atoms with Gasteiger partial charge in [-0.05, 0) is 55.9 Å². The lowest BCUT2D eigenvalue weighted by Gasteiger charge is -2.23. The van der Waals surface area contributed by atoms with E-state index >= 15 is 0 Å². The van der Waals surface area contributed by atoms with Crippen LogP contribution < -0.4 is 0 Å². The summed E-state index contributed by atoms with van der Waals surface area (Å²) in [6, 6.07) is 14.7. The second-order valence-electron chi connectivity index (χ2n) is 7.66. The Kier molecular flexibility index (Phi) is 5.30. The molecule has 2 aliphatic heterocycles. The zero-order valence-electron chi connectivity index (χ0n) is 15.8. The van der Waals surface area contributed by atoms with Gasteiger partial charge in [-0.3, -0.25) is 4.98 Å². The fraction of sp³-hybridized carbons (Fsp3) is 0.476. The maximum Gasteiger partial charge on any atom is 0.281 e. The second-order valence-corrected chi connectivity index (χ2v) is 9.59. The first kappa shape index (κ1) is 18.6. The minimum Gasteiger partial charge on any atom is -0.258 e. The SMILES string of the molecule is Cc1cc(Cc2ccccc2)cc([C@H]2CCN(S(=O)(=O)N3CCCC3)C2)n1. The Balaban J connectivity index is 1.50. The van der Waals surface area contributed by atoms with Crippen LogP contribution in [-0.4, -0.2) is 48.2 Å². The molecule has 0 N–H and O–H groups in total. The monoisotopic (exact) mass is 385 g/mol. The molecule has 5 nitrogen and oxygen atoms in total. The van der Waals surface area contributed by atoms with Crippen LogP contribution in [0.4, 0.5) is 0 Å². The summed E-state index contributed by atoms with van der Waals surface area (Å²) < 4.78 is 28.9. The number of rotatable bonds is 5. The van der Waals surface area contributed by atoms with E-state index in [1.165, 1.54) is 11.1 Å². The molecule has 0 spiro atoms. The maximum atomic E-state index is 12.8. The summed E-state index contributed by atoms with van der Waals surface area (Å²) in [6.45, 7) is 4.47. The molecule has 0 unspecified atom stereocenters. The third kappa shape index (κ3) is 4.08. The smallest absolute Gasteiger partial charge is 0.258 e. The van der Waals surface area contributed by atoms with Crippen LogP contribution in [-0.2, 0) is 16.6 Å². The minimum absolute atomic E-state index is 0.178. The summed E-state index contributed by atoms with van der Waals surface area (Å²) in [7, 11) is -3.31. The highest BCUT2D eigenvalue weighted by molar-refractivity contribution is 7.86. The Morgan fingerprint density at radius 1 is 1.00 bits per heavy atom. The van der Waals surface area contributed by atoms with Gasteiger partial charge in [-0.2, -0.15) is 17.0 Å². The van der Waals surface area contributed by atoms with Gasteiger partial charge in [-0.25, -0.2) is 0 Å². The Hall–Kier alpha value is -1.76. The highest BCUT2D eigenvalue weighted by atomic mass is 32.2. The summed E-state index contributed by atoms with van der Waals surface area (Å²) in [5.74, 6) is 0.178. The van der Waals surface area contributed by atoms with Gasteiger partial charge in [0.15, 0.2) is 0 Å². The maximum absolute atomic E-state index is 12.8. The van der Waals surface area contributed by atoms with E-state index < -0.39 is 10.2 Å². The fourth-order valence-electron chi connectivity index (χ4n) is 4.17. The minimum atomic E-state index is -3.31. The van der Waals surface area contributed by atoms with Crippen molar-refractivity contribution >= 4 is 10.2 Å². The first-order valence-corrected chi connectivity index (χ1v) is 11.2. The highest BCUT2D eigenvalue weighted by Gasteiger charge is 2.37. The van der Waals surface area contributed by atoms with Crippen LogP contribution in [0.1, 0.15) is 47.7 Å². The average molecular weight is 386 g/mol. The van der Waals surface area contributed by atoms with Crippen LogP contribution in [0, 0.1) is 6.92 Å². The van der Waals surface area contributed by atoms with E-state index in [1.54, 1.807) is 8.61 Å². The highest BCUT2D eigenvalue weighted by Crippen LogP contribution is 2.30. The van der Waals surface area contributed by atoms with Crippen molar-refractivity contribution in [2.75, 3.05) is 26.2 Å². The van der Waals surface area contributed by atoms with Crippen molar-refractivity contribution in [1.29, 1.82) is 0 Å². The van der Waals surface area contributed by atoms with E-state index in [2.05, 4.69) is 36.4 Å². The summed E-state index contributed by atoms with van der Waals surface area (Å²) in [4.78, 5) is 4.74. The number of nitrogens with zero attached hydrogens (tertiary/aromatic N) is 3. The van der Waals surface area contributed by atoms with Gasteiger partial charge in [-0.15, -0.1) is 0 Å². The lowest BCUT2D eigenvalue weighted by Crippen LogP contribution is -2.41.